The minimum Gasteiger partial charge on any atom is -0.321 e. The van der Waals surface area contributed by atoms with Crippen molar-refractivity contribution in [1.82, 2.24) is 30.1 Å². The summed E-state index contributed by atoms with van der Waals surface area (Å²) in [7, 11) is 0. The van der Waals surface area contributed by atoms with Crippen LogP contribution in [0.4, 0.5) is 0 Å². The summed E-state index contributed by atoms with van der Waals surface area (Å²) in [6.45, 7) is 6.07. The van der Waals surface area contributed by atoms with Gasteiger partial charge in [0.1, 0.15) is 6.04 Å². The Kier molecular flexibility index (Phi) is 5.15. The molecule has 7 nitrogen and oxygen atoms in total. The van der Waals surface area contributed by atoms with Crippen molar-refractivity contribution in [2.75, 3.05) is 13.1 Å². The average molecular weight is 407 g/mol. The highest BCUT2D eigenvalue weighted by Gasteiger charge is 2.34. The Hall–Kier alpha value is -2.54. The summed E-state index contributed by atoms with van der Waals surface area (Å²) in [5.41, 5.74) is 3.92. The lowest BCUT2D eigenvalue weighted by molar-refractivity contribution is 0.243. The molecule has 0 bridgehead atoms. The van der Waals surface area contributed by atoms with Crippen molar-refractivity contribution >= 4 is 10.9 Å². The van der Waals surface area contributed by atoms with Gasteiger partial charge in [-0.3, -0.25) is 9.69 Å². The molecule has 1 aliphatic heterocycles. The number of aromatic amines is 1. The average Bonchev–Trinajstić information content (AvgIpc) is 3.43. The number of H-pyrrole nitrogens is 1. The van der Waals surface area contributed by atoms with Crippen molar-refractivity contribution in [3.63, 3.8) is 0 Å². The third-order valence-corrected chi connectivity index (χ3v) is 6.81. The second kappa shape index (κ2) is 7.95. The fourth-order valence-corrected chi connectivity index (χ4v) is 5.37. The van der Waals surface area contributed by atoms with E-state index in [-0.39, 0.29) is 11.6 Å². The van der Waals surface area contributed by atoms with Crippen molar-refractivity contribution in [1.29, 1.82) is 0 Å². The van der Waals surface area contributed by atoms with Crippen molar-refractivity contribution in [3.8, 4) is 0 Å². The number of aryl methyl sites for hydroxylation is 2. The topological polar surface area (TPSA) is 79.7 Å². The Labute approximate surface area is 176 Å². The summed E-state index contributed by atoms with van der Waals surface area (Å²) in [5, 5.41) is 14.0. The number of hydrogen-bond donors (Lipinski definition) is 1. The number of nitrogens with zero attached hydrogens (tertiary/aromatic N) is 5. The third kappa shape index (κ3) is 3.45. The van der Waals surface area contributed by atoms with E-state index in [9.17, 15) is 4.79 Å². The number of benzene rings is 1. The monoisotopic (exact) mass is 406 g/mol. The van der Waals surface area contributed by atoms with Gasteiger partial charge in [-0.25, -0.2) is 4.68 Å². The number of rotatable bonds is 4. The van der Waals surface area contributed by atoms with Crippen LogP contribution in [0, 0.1) is 13.8 Å². The molecule has 0 spiro atoms. The minimum absolute atomic E-state index is 0.0375. The lowest BCUT2D eigenvalue weighted by Gasteiger charge is -2.29. The number of tetrazole rings is 1. The summed E-state index contributed by atoms with van der Waals surface area (Å²) >= 11 is 0. The molecule has 1 atom stereocenters. The SMILES string of the molecule is Cc1cc(C)c2[nH]c(=O)c([C@@H](c3nnnn3C3CCCCC3)N3CCCC3)cc2c1. The predicted octanol–water partition coefficient (Wildman–Crippen LogP) is 3.82. The van der Waals surface area contributed by atoms with Gasteiger partial charge >= 0.3 is 0 Å². The number of likely N-dealkylation sites (tertiary alicyclic amines) is 1. The first-order valence-electron chi connectivity index (χ1n) is 11.3. The fourth-order valence-electron chi connectivity index (χ4n) is 5.37. The number of aromatic nitrogens is 5. The van der Waals surface area contributed by atoms with Gasteiger partial charge in [0.15, 0.2) is 5.82 Å². The first-order chi connectivity index (χ1) is 14.6. The van der Waals surface area contributed by atoms with E-state index >= 15 is 0 Å². The van der Waals surface area contributed by atoms with Crippen molar-refractivity contribution in [2.24, 2.45) is 0 Å². The zero-order chi connectivity index (χ0) is 20.7. The molecular weight excluding hydrogens is 376 g/mol. The number of hydrogen-bond acceptors (Lipinski definition) is 5. The summed E-state index contributed by atoms with van der Waals surface area (Å²) < 4.78 is 2.02. The summed E-state index contributed by atoms with van der Waals surface area (Å²) in [4.78, 5) is 18.8. The van der Waals surface area contributed by atoms with Gasteiger partial charge in [0, 0.05) is 5.56 Å². The first-order valence-corrected chi connectivity index (χ1v) is 11.3. The maximum atomic E-state index is 13.3. The van der Waals surface area contributed by atoms with Crippen LogP contribution in [0.3, 0.4) is 0 Å². The molecule has 1 aromatic carbocycles. The van der Waals surface area contributed by atoms with Crippen LogP contribution in [0.15, 0.2) is 23.0 Å². The molecule has 3 aromatic rings. The molecular formula is C23H30N6O. The molecule has 5 rings (SSSR count). The Balaban J connectivity index is 1.66. The molecule has 1 N–H and O–H groups in total. The first kappa shape index (κ1) is 19.4. The highest BCUT2D eigenvalue weighted by molar-refractivity contribution is 5.83. The Morgan fingerprint density at radius 3 is 2.57 bits per heavy atom. The Morgan fingerprint density at radius 1 is 1.03 bits per heavy atom. The maximum Gasteiger partial charge on any atom is 0.253 e. The van der Waals surface area contributed by atoms with Gasteiger partial charge in [0.2, 0.25) is 0 Å². The van der Waals surface area contributed by atoms with Gasteiger partial charge < -0.3 is 4.98 Å². The number of pyridine rings is 1. The van der Waals surface area contributed by atoms with Crippen LogP contribution < -0.4 is 5.56 Å². The zero-order valence-corrected chi connectivity index (χ0v) is 17.9. The Bertz CT molecular complexity index is 1100. The van der Waals surface area contributed by atoms with E-state index in [2.05, 4.69) is 50.5 Å². The molecule has 2 aromatic heterocycles. The molecule has 158 valence electrons. The molecule has 0 unspecified atom stereocenters. The van der Waals surface area contributed by atoms with E-state index in [0.717, 1.165) is 66.6 Å². The largest absolute Gasteiger partial charge is 0.321 e. The second-order valence-electron chi connectivity index (χ2n) is 9.02. The van der Waals surface area contributed by atoms with Crippen LogP contribution in [-0.4, -0.2) is 43.2 Å². The molecule has 1 aliphatic carbocycles. The third-order valence-electron chi connectivity index (χ3n) is 6.81. The van der Waals surface area contributed by atoms with Crippen LogP contribution in [0.2, 0.25) is 0 Å². The molecule has 30 heavy (non-hydrogen) atoms. The quantitative estimate of drug-likeness (QED) is 0.712. The van der Waals surface area contributed by atoms with Crippen LogP contribution in [-0.2, 0) is 0 Å². The molecule has 1 saturated heterocycles. The smallest absolute Gasteiger partial charge is 0.253 e. The van der Waals surface area contributed by atoms with E-state index in [0.29, 0.717) is 6.04 Å². The molecule has 2 aliphatic rings. The normalized spacial score (nSPS) is 19.5. The van der Waals surface area contributed by atoms with Crippen LogP contribution >= 0.6 is 0 Å². The van der Waals surface area contributed by atoms with E-state index in [1.807, 2.05) is 11.6 Å². The highest BCUT2D eigenvalue weighted by atomic mass is 16.1. The van der Waals surface area contributed by atoms with Gasteiger partial charge in [-0.2, -0.15) is 0 Å². The van der Waals surface area contributed by atoms with Crippen LogP contribution in [0.1, 0.15) is 79.5 Å². The number of fused-ring (bicyclic) bond motifs is 1. The van der Waals surface area contributed by atoms with Gasteiger partial charge in [0.25, 0.3) is 5.56 Å². The lowest BCUT2D eigenvalue weighted by Crippen LogP contribution is -2.34. The van der Waals surface area contributed by atoms with Crippen molar-refractivity contribution in [3.05, 3.63) is 51.1 Å². The van der Waals surface area contributed by atoms with E-state index in [4.69, 9.17) is 0 Å². The van der Waals surface area contributed by atoms with Crippen LogP contribution in [0.5, 0.6) is 0 Å². The highest BCUT2D eigenvalue weighted by Crippen LogP contribution is 2.34. The standard InChI is InChI=1S/C23H30N6O/c1-15-12-16(2)20-17(13-15)14-19(23(30)24-20)21(28-10-6-7-11-28)22-25-26-27-29(22)18-8-4-3-5-9-18/h12-14,18,21H,3-11H2,1-2H3,(H,24,30)/t21-/m0/s1. The minimum atomic E-state index is -0.210. The van der Waals surface area contributed by atoms with E-state index < -0.39 is 0 Å². The zero-order valence-electron chi connectivity index (χ0n) is 17.9. The van der Waals surface area contributed by atoms with E-state index in [1.54, 1.807) is 0 Å². The molecule has 0 radical (unpaired) electrons. The van der Waals surface area contributed by atoms with Crippen molar-refractivity contribution < 1.29 is 0 Å². The summed E-state index contributed by atoms with van der Waals surface area (Å²) in [6.07, 6.45) is 8.22. The Morgan fingerprint density at radius 2 is 1.80 bits per heavy atom. The fraction of sp³-hybridized carbons (Fsp3) is 0.565. The second-order valence-corrected chi connectivity index (χ2v) is 9.02. The lowest BCUT2D eigenvalue weighted by atomic mass is 9.95. The molecule has 3 heterocycles. The number of nitrogens with one attached hydrogen (secondary N) is 1. The van der Waals surface area contributed by atoms with E-state index in [1.165, 1.54) is 24.8 Å². The summed E-state index contributed by atoms with van der Waals surface area (Å²) in [5.74, 6) is 0.818. The van der Waals surface area contributed by atoms with Gasteiger partial charge in [-0.15, -0.1) is 5.10 Å². The van der Waals surface area contributed by atoms with Gasteiger partial charge in [0.05, 0.1) is 11.6 Å². The summed E-state index contributed by atoms with van der Waals surface area (Å²) in [6, 6.07) is 6.44. The van der Waals surface area contributed by atoms with Gasteiger partial charge in [-0.1, -0.05) is 30.9 Å². The molecule has 0 amide bonds. The van der Waals surface area contributed by atoms with Crippen LogP contribution in [0.25, 0.3) is 10.9 Å². The van der Waals surface area contributed by atoms with Crippen molar-refractivity contribution in [2.45, 2.75) is 70.9 Å². The predicted molar refractivity (Wildman–Crippen MR) is 117 cm³/mol. The molecule has 1 saturated carbocycles. The maximum absolute atomic E-state index is 13.3. The van der Waals surface area contributed by atoms with Gasteiger partial charge in [-0.05, 0) is 86.1 Å². The molecule has 7 heteroatoms. The molecule has 2 fully saturated rings.